The molecule has 0 radical (unpaired) electrons. The average molecular weight is 558 g/mol. The zero-order chi connectivity index (χ0) is 28.9. The third-order valence-corrected chi connectivity index (χ3v) is 8.23. The second kappa shape index (κ2) is 12.9. The molecule has 2 heterocycles. The number of benzene rings is 2. The number of halogens is 3. The van der Waals surface area contributed by atoms with Gasteiger partial charge in [0.1, 0.15) is 23.2 Å². The van der Waals surface area contributed by atoms with Crippen LogP contribution in [0.25, 0.3) is 10.9 Å². The van der Waals surface area contributed by atoms with Crippen LogP contribution >= 0.6 is 0 Å². The van der Waals surface area contributed by atoms with Crippen molar-refractivity contribution in [2.24, 2.45) is 5.41 Å². The van der Waals surface area contributed by atoms with Gasteiger partial charge in [0.2, 0.25) is 0 Å². The Morgan fingerprint density at radius 3 is 2.35 bits per heavy atom. The highest BCUT2D eigenvalue weighted by Gasteiger charge is 2.36. The van der Waals surface area contributed by atoms with Gasteiger partial charge in [-0.3, -0.25) is 9.78 Å². The lowest BCUT2D eigenvalue weighted by molar-refractivity contribution is -0.140. The Kier molecular flexibility index (Phi) is 9.56. The van der Waals surface area contributed by atoms with Crippen LogP contribution in [0.1, 0.15) is 49.7 Å². The van der Waals surface area contributed by atoms with Crippen LogP contribution < -0.4 is 9.64 Å². The molecule has 1 aliphatic rings. The summed E-state index contributed by atoms with van der Waals surface area (Å²) in [4.78, 5) is 20.7. The number of hydrogen-bond acceptors (Lipinski definition) is 5. The summed E-state index contributed by atoms with van der Waals surface area (Å²) in [6.45, 7) is 2.12. The van der Waals surface area contributed by atoms with Crippen molar-refractivity contribution in [3.05, 3.63) is 65.1 Å². The van der Waals surface area contributed by atoms with Gasteiger partial charge in [0, 0.05) is 37.2 Å². The number of piperidine rings is 1. The number of carboxylic acid groups (broad SMARTS) is 1. The third-order valence-electron chi connectivity index (χ3n) is 8.23. The number of aromatic nitrogens is 1. The van der Waals surface area contributed by atoms with E-state index in [-0.39, 0.29) is 23.8 Å². The van der Waals surface area contributed by atoms with Gasteiger partial charge in [-0.05, 0) is 93.8 Å². The molecule has 216 valence electrons. The molecule has 0 unspecified atom stereocenters. The standard InChI is InChI=1S/C31H38F3N3O3/c1-36(2)29-20-35-28-9-8-22(40-3)18-25(28)23(29)6-4-10-31(19-30(38)39)11-14-37(15-12-31)13-5-7-24-26(33)16-21(32)17-27(24)34/h8-9,16-18,20H,4-7,10-15,19H2,1-3H3,(H,38,39). The van der Waals surface area contributed by atoms with Crippen LogP contribution in [0.4, 0.5) is 18.9 Å². The van der Waals surface area contributed by atoms with E-state index in [1.807, 2.05) is 38.5 Å². The summed E-state index contributed by atoms with van der Waals surface area (Å²) in [5, 5.41) is 10.8. The molecule has 1 aromatic heterocycles. The Morgan fingerprint density at radius 2 is 1.73 bits per heavy atom. The van der Waals surface area contributed by atoms with Crippen molar-refractivity contribution in [1.82, 2.24) is 9.88 Å². The maximum atomic E-state index is 14.0. The second-order valence-corrected chi connectivity index (χ2v) is 11.1. The number of carbonyl (C=O) groups is 1. The fourth-order valence-electron chi connectivity index (χ4n) is 6.01. The molecule has 1 fully saturated rings. The van der Waals surface area contributed by atoms with Gasteiger partial charge in [0.05, 0.1) is 30.9 Å². The molecule has 1 N–H and O–H groups in total. The molecule has 0 atom stereocenters. The van der Waals surface area contributed by atoms with Crippen molar-refractivity contribution in [2.45, 2.75) is 51.4 Å². The van der Waals surface area contributed by atoms with Crippen LogP contribution in [0.3, 0.4) is 0 Å². The number of aliphatic carboxylic acids is 1. The number of methoxy groups -OCH3 is 1. The number of likely N-dealkylation sites (tertiary alicyclic amines) is 1. The number of nitrogens with zero attached hydrogens (tertiary/aromatic N) is 3. The lowest BCUT2D eigenvalue weighted by atomic mass is 9.72. The van der Waals surface area contributed by atoms with E-state index in [1.54, 1.807) is 7.11 Å². The van der Waals surface area contributed by atoms with Gasteiger partial charge in [0.25, 0.3) is 0 Å². The number of fused-ring (bicyclic) bond motifs is 1. The second-order valence-electron chi connectivity index (χ2n) is 11.1. The molecule has 0 saturated carbocycles. The van der Waals surface area contributed by atoms with E-state index in [9.17, 15) is 23.1 Å². The zero-order valence-electron chi connectivity index (χ0n) is 23.5. The summed E-state index contributed by atoms with van der Waals surface area (Å²) < 4.78 is 46.6. The number of rotatable bonds is 12. The Morgan fingerprint density at radius 1 is 1.05 bits per heavy atom. The first-order chi connectivity index (χ1) is 19.1. The molecule has 6 nitrogen and oxygen atoms in total. The number of pyridine rings is 1. The van der Waals surface area contributed by atoms with Crippen LogP contribution in [0.2, 0.25) is 0 Å². The topological polar surface area (TPSA) is 65.9 Å². The fraction of sp³-hybridized carbons (Fsp3) is 0.484. The first kappa shape index (κ1) is 29.6. The van der Waals surface area contributed by atoms with Crippen LogP contribution in [0.15, 0.2) is 36.5 Å². The molecule has 9 heteroatoms. The molecule has 2 aromatic carbocycles. The summed E-state index contributed by atoms with van der Waals surface area (Å²) in [6, 6.07) is 7.30. The Bertz CT molecular complexity index is 1320. The molecular weight excluding hydrogens is 519 g/mol. The van der Waals surface area contributed by atoms with Crippen molar-refractivity contribution >= 4 is 22.6 Å². The van der Waals surface area contributed by atoms with Gasteiger partial charge in [-0.1, -0.05) is 0 Å². The lowest BCUT2D eigenvalue weighted by Gasteiger charge is -2.41. The highest BCUT2D eigenvalue weighted by molar-refractivity contribution is 5.88. The summed E-state index contributed by atoms with van der Waals surface area (Å²) in [5.74, 6) is -2.64. The number of ether oxygens (including phenoxy) is 1. The van der Waals surface area contributed by atoms with E-state index in [1.165, 1.54) is 5.56 Å². The minimum atomic E-state index is -0.917. The predicted octanol–water partition coefficient (Wildman–Crippen LogP) is 6.24. The molecule has 0 amide bonds. The van der Waals surface area contributed by atoms with Gasteiger partial charge in [0.15, 0.2) is 0 Å². The number of carboxylic acids is 1. The molecule has 40 heavy (non-hydrogen) atoms. The van der Waals surface area contributed by atoms with E-state index in [0.29, 0.717) is 25.1 Å². The van der Waals surface area contributed by atoms with Crippen LogP contribution in [-0.2, 0) is 17.6 Å². The fourth-order valence-corrected chi connectivity index (χ4v) is 6.01. The molecule has 0 spiro atoms. The Labute approximate surface area is 233 Å². The minimum absolute atomic E-state index is 0.0861. The summed E-state index contributed by atoms with van der Waals surface area (Å²) in [6.07, 6.45) is 6.67. The highest BCUT2D eigenvalue weighted by Crippen LogP contribution is 2.41. The van der Waals surface area contributed by atoms with Crippen LogP contribution in [0.5, 0.6) is 5.75 Å². The first-order valence-electron chi connectivity index (χ1n) is 13.8. The predicted molar refractivity (Wildman–Crippen MR) is 151 cm³/mol. The van der Waals surface area contributed by atoms with Gasteiger partial charge in [-0.25, -0.2) is 13.2 Å². The van der Waals surface area contributed by atoms with E-state index in [2.05, 4.69) is 14.8 Å². The smallest absolute Gasteiger partial charge is 0.303 e. The maximum absolute atomic E-state index is 14.0. The number of anilines is 1. The molecule has 4 rings (SSSR count). The minimum Gasteiger partial charge on any atom is -0.497 e. The zero-order valence-corrected chi connectivity index (χ0v) is 23.5. The number of aryl methyl sites for hydroxylation is 1. The van der Waals surface area contributed by atoms with Crippen LogP contribution in [0, 0.1) is 22.9 Å². The molecule has 3 aromatic rings. The normalized spacial score (nSPS) is 15.3. The van der Waals surface area contributed by atoms with Gasteiger partial charge < -0.3 is 19.6 Å². The summed E-state index contributed by atoms with van der Waals surface area (Å²) >= 11 is 0. The van der Waals surface area contributed by atoms with E-state index < -0.39 is 23.4 Å². The molecule has 1 saturated heterocycles. The van der Waals surface area contributed by atoms with Crippen molar-refractivity contribution < 1.29 is 27.8 Å². The van der Waals surface area contributed by atoms with E-state index in [4.69, 9.17) is 4.74 Å². The van der Waals surface area contributed by atoms with Crippen molar-refractivity contribution in [3.63, 3.8) is 0 Å². The Hall–Kier alpha value is -3.33. The average Bonchev–Trinajstić information content (AvgIpc) is 2.90. The van der Waals surface area contributed by atoms with Gasteiger partial charge in [-0.15, -0.1) is 0 Å². The van der Waals surface area contributed by atoms with Crippen LogP contribution in [-0.4, -0.2) is 61.8 Å². The quantitative estimate of drug-likeness (QED) is 0.285. The SMILES string of the molecule is COc1ccc2ncc(N(C)C)c(CCCC3(CC(=O)O)CCN(CCCc4c(F)cc(F)cc4F)CC3)c2c1. The molecule has 0 aliphatic carbocycles. The van der Waals surface area contributed by atoms with E-state index in [0.717, 1.165) is 67.5 Å². The molecule has 0 bridgehead atoms. The highest BCUT2D eigenvalue weighted by atomic mass is 19.1. The monoisotopic (exact) mass is 557 g/mol. The molecule has 1 aliphatic heterocycles. The Balaban J connectivity index is 1.39. The first-order valence-corrected chi connectivity index (χ1v) is 13.8. The lowest BCUT2D eigenvalue weighted by Crippen LogP contribution is -2.41. The third kappa shape index (κ3) is 7.05. The van der Waals surface area contributed by atoms with Gasteiger partial charge in [-0.2, -0.15) is 0 Å². The summed E-state index contributed by atoms with van der Waals surface area (Å²) in [5.41, 5.74) is 2.73. The van der Waals surface area contributed by atoms with Crippen molar-refractivity contribution in [3.8, 4) is 5.75 Å². The molecular formula is C31H38F3N3O3. The van der Waals surface area contributed by atoms with E-state index >= 15 is 0 Å². The largest absolute Gasteiger partial charge is 0.497 e. The number of hydrogen-bond donors (Lipinski definition) is 1. The maximum Gasteiger partial charge on any atom is 0.303 e. The van der Waals surface area contributed by atoms with Gasteiger partial charge >= 0.3 is 5.97 Å². The van der Waals surface area contributed by atoms with Crippen molar-refractivity contribution in [1.29, 1.82) is 0 Å². The van der Waals surface area contributed by atoms with Crippen molar-refractivity contribution in [2.75, 3.05) is 45.7 Å². The summed E-state index contributed by atoms with van der Waals surface area (Å²) in [7, 11) is 5.63.